The van der Waals surface area contributed by atoms with Gasteiger partial charge in [0.1, 0.15) is 6.61 Å². The zero-order chi connectivity index (χ0) is 13.9. The largest absolute Gasteiger partial charge is 0.447 e. The minimum atomic E-state index is -0.228. The van der Waals surface area contributed by atoms with Crippen molar-refractivity contribution in [3.8, 4) is 0 Å². The van der Waals surface area contributed by atoms with Crippen LogP contribution in [0.4, 0.5) is 4.79 Å². The third-order valence-electron chi connectivity index (χ3n) is 3.27. The second-order valence-corrected chi connectivity index (χ2v) is 4.49. The molecule has 0 bridgehead atoms. The summed E-state index contributed by atoms with van der Waals surface area (Å²) in [4.78, 5) is 15.7. The Morgan fingerprint density at radius 1 is 1.16 bits per heavy atom. The molecule has 1 fully saturated rings. The average Bonchev–Trinajstić information content (AvgIpc) is 2.47. The van der Waals surface area contributed by atoms with E-state index in [0.717, 1.165) is 45.8 Å². The van der Waals surface area contributed by atoms with Crippen LogP contribution in [0.1, 0.15) is 13.8 Å². The minimum absolute atomic E-state index is 0.228. The van der Waals surface area contributed by atoms with Crippen LogP contribution in [0.3, 0.4) is 0 Å². The maximum absolute atomic E-state index is 11.6. The molecule has 0 aromatic heterocycles. The first kappa shape index (κ1) is 16.2. The first-order valence-electron chi connectivity index (χ1n) is 7.20. The molecular formula is C13H27N3O3. The lowest BCUT2D eigenvalue weighted by Gasteiger charge is -2.26. The molecule has 1 N–H and O–H groups in total. The van der Waals surface area contributed by atoms with Gasteiger partial charge in [0.25, 0.3) is 0 Å². The van der Waals surface area contributed by atoms with E-state index in [-0.39, 0.29) is 6.09 Å². The molecule has 0 spiro atoms. The minimum Gasteiger partial charge on any atom is -0.447 e. The molecule has 1 amide bonds. The number of ether oxygens (including phenoxy) is 2. The highest BCUT2D eigenvalue weighted by Crippen LogP contribution is 1.96. The summed E-state index contributed by atoms with van der Waals surface area (Å²) in [7, 11) is 0. The van der Waals surface area contributed by atoms with Gasteiger partial charge in [0, 0.05) is 32.7 Å². The van der Waals surface area contributed by atoms with Gasteiger partial charge in [0.15, 0.2) is 0 Å². The Bertz CT molecular complexity index is 241. The van der Waals surface area contributed by atoms with E-state index in [1.54, 1.807) is 4.90 Å². The number of likely N-dealkylation sites (N-methyl/N-ethyl adjacent to an activating group) is 1. The van der Waals surface area contributed by atoms with Crippen molar-refractivity contribution in [3.05, 3.63) is 0 Å². The van der Waals surface area contributed by atoms with Gasteiger partial charge >= 0.3 is 6.09 Å². The lowest BCUT2D eigenvalue weighted by atomic mass is 10.4. The maximum atomic E-state index is 11.6. The van der Waals surface area contributed by atoms with Gasteiger partial charge in [-0.15, -0.1) is 0 Å². The van der Waals surface area contributed by atoms with Gasteiger partial charge in [-0.25, -0.2) is 4.79 Å². The third-order valence-corrected chi connectivity index (χ3v) is 3.27. The standard InChI is InChI=1S/C13H27N3O3/c1-3-15(4-2)9-10-18-11-12-19-13(17)16-7-5-14-6-8-16/h14H,3-12H2,1-2H3. The number of piperazine rings is 1. The van der Waals surface area contributed by atoms with E-state index in [9.17, 15) is 4.79 Å². The number of amides is 1. The molecule has 0 aromatic rings. The molecule has 1 saturated heterocycles. The molecular weight excluding hydrogens is 246 g/mol. The average molecular weight is 273 g/mol. The predicted molar refractivity (Wildman–Crippen MR) is 74.4 cm³/mol. The summed E-state index contributed by atoms with van der Waals surface area (Å²) >= 11 is 0. The number of rotatable bonds is 8. The Hall–Kier alpha value is -0.850. The van der Waals surface area contributed by atoms with Crippen molar-refractivity contribution >= 4 is 6.09 Å². The Labute approximate surface area is 116 Å². The van der Waals surface area contributed by atoms with Crippen LogP contribution in [0.2, 0.25) is 0 Å². The van der Waals surface area contributed by atoms with E-state index in [0.29, 0.717) is 19.8 Å². The molecule has 19 heavy (non-hydrogen) atoms. The van der Waals surface area contributed by atoms with Crippen molar-refractivity contribution in [3.63, 3.8) is 0 Å². The second-order valence-electron chi connectivity index (χ2n) is 4.49. The fraction of sp³-hybridized carbons (Fsp3) is 0.923. The number of hydrogen-bond donors (Lipinski definition) is 1. The smallest absolute Gasteiger partial charge is 0.409 e. The predicted octanol–water partition coefficient (Wildman–Crippen LogP) is 0.387. The molecule has 0 atom stereocenters. The van der Waals surface area contributed by atoms with E-state index >= 15 is 0 Å². The highest BCUT2D eigenvalue weighted by atomic mass is 16.6. The van der Waals surface area contributed by atoms with Gasteiger partial charge in [0.05, 0.1) is 13.2 Å². The lowest BCUT2D eigenvalue weighted by Crippen LogP contribution is -2.46. The van der Waals surface area contributed by atoms with Crippen molar-refractivity contribution in [2.45, 2.75) is 13.8 Å². The van der Waals surface area contributed by atoms with Gasteiger partial charge in [0.2, 0.25) is 0 Å². The normalized spacial score (nSPS) is 15.8. The van der Waals surface area contributed by atoms with Crippen LogP contribution in [0.5, 0.6) is 0 Å². The van der Waals surface area contributed by atoms with Crippen LogP contribution in [0.25, 0.3) is 0 Å². The molecule has 0 aromatic carbocycles. The van der Waals surface area contributed by atoms with Crippen LogP contribution in [-0.2, 0) is 9.47 Å². The molecule has 1 heterocycles. The van der Waals surface area contributed by atoms with E-state index < -0.39 is 0 Å². The summed E-state index contributed by atoms with van der Waals surface area (Å²) in [6.45, 7) is 11.9. The molecule has 1 aliphatic rings. The SMILES string of the molecule is CCN(CC)CCOCCOC(=O)N1CCNCC1. The highest BCUT2D eigenvalue weighted by molar-refractivity contribution is 5.67. The number of hydrogen-bond acceptors (Lipinski definition) is 5. The topological polar surface area (TPSA) is 54.0 Å². The number of carbonyl (C=O) groups excluding carboxylic acids is 1. The highest BCUT2D eigenvalue weighted by Gasteiger charge is 2.16. The quantitative estimate of drug-likeness (QED) is 0.648. The summed E-state index contributed by atoms with van der Waals surface area (Å²) in [5.41, 5.74) is 0. The Morgan fingerprint density at radius 2 is 1.84 bits per heavy atom. The van der Waals surface area contributed by atoms with E-state index in [1.165, 1.54) is 0 Å². The van der Waals surface area contributed by atoms with Crippen LogP contribution in [-0.4, -0.2) is 81.5 Å². The van der Waals surface area contributed by atoms with Crippen LogP contribution in [0.15, 0.2) is 0 Å². The van der Waals surface area contributed by atoms with Gasteiger partial charge in [-0.3, -0.25) is 0 Å². The zero-order valence-corrected chi connectivity index (χ0v) is 12.2. The van der Waals surface area contributed by atoms with Gasteiger partial charge < -0.3 is 24.6 Å². The van der Waals surface area contributed by atoms with Gasteiger partial charge in [-0.2, -0.15) is 0 Å². The van der Waals surface area contributed by atoms with Crippen LogP contribution >= 0.6 is 0 Å². The van der Waals surface area contributed by atoms with Crippen molar-refractivity contribution in [1.29, 1.82) is 0 Å². The monoisotopic (exact) mass is 273 g/mol. The zero-order valence-electron chi connectivity index (χ0n) is 12.2. The first-order chi connectivity index (χ1) is 9.27. The molecule has 0 radical (unpaired) electrons. The second kappa shape index (κ2) is 10.00. The van der Waals surface area contributed by atoms with Crippen LogP contribution in [0, 0.1) is 0 Å². The van der Waals surface area contributed by atoms with E-state index in [2.05, 4.69) is 24.1 Å². The number of nitrogens with zero attached hydrogens (tertiary/aromatic N) is 2. The van der Waals surface area contributed by atoms with Gasteiger partial charge in [-0.05, 0) is 13.1 Å². The maximum Gasteiger partial charge on any atom is 0.409 e. The summed E-state index contributed by atoms with van der Waals surface area (Å²) < 4.78 is 10.6. The number of nitrogens with one attached hydrogen (secondary N) is 1. The molecule has 0 unspecified atom stereocenters. The van der Waals surface area contributed by atoms with E-state index in [4.69, 9.17) is 9.47 Å². The third kappa shape index (κ3) is 6.75. The molecule has 112 valence electrons. The first-order valence-corrected chi connectivity index (χ1v) is 7.20. The Morgan fingerprint density at radius 3 is 2.47 bits per heavy atom. The fourth-order valence-corrected chi connectivity index (χ4v) is 1.96. The molecule has 6 nitrogen and oxygen atoms in total. The van der Waals surface area contributed by atoms with Crippen molar-refractivity contribution in [2.75, 3.05) is 65.6 Å². The summed E-state index contributed by atoms with van der Waals surface area (Å²) in [6.07, 6.45) is -0.228. The summed E-state index contributed by atoms with van der Waals surface area (Å²) in [5, 5.41) is 3.20. The Balaban J connectivity index is 1.96. The molecule has 1 rings (SSSR count). The molecule has 0 saturated carbocycles. The van der Waals surface area contributed by atoms with Gasteiger partial charge in [-0.1, -0.05) is 13.8 Å². The van der Waals surface area contributed by atoms with Crippen molar-refractivity contribution in [2.24, 2.45) is 0 Å². The molecule has 1 aliphatic heterocycles. The van der Waals surface area contributed by atoms with Crippen molar-refractivity contribution in [1.82, 2.24) is 15.1 Å². The van der Waals surface area contributed by atoms with Crippen molar-refractivity contribution < 1.29 is 14.3 Å². The fourth-order valence-electron chi connectivity index (χ4n) is 1.96. The molecule has 0 aliphatic carbocycles. The van der Waals surface area contributed by atoms with Crippen LogP contribution < -0.4 is 5.32 Å². The lowest BCUT2D eigenvalue weighted by molar-refractivity contribution is 0.0460. The number of carbonyl (C=O) groups is 1. The molecule has 6 heteroatoms. The van der Waals surface area contributed by atoms with E-state index in [1.807, 2.05) is 0 Å². The summed E-state index contributed by atoms with van der Waals surface area (Å²) in [6, 6.07) is 0. The summed E-state index contributed by atoms with van der Waals surface area (Å²) in [5.74, 6) is 0. The Kier molecular flexibility index (Phi) is 8.53.